The van der Waals surface area contributed by atoms with E-state index in [2.05, 4.69) is 15.2 Å². The zero-order valence-corrected chi connectivity index (χ0v) is 13.0. The predicted octanol–water partition coefficient (Wildman–Crippen LogP) is -0.00420. The van der Waals surface area contributed by atoms with E-state index in [1.807, 2.05) is 11.8 Å². The van der Waals surface area contributed by atoms with Crippen molar-refractivity contribution in [1.82, 2.24) is 15.2 Å². The summed E-state index contributed by atoms with van der Waals surface area (Å²) in [4.78, 5) is 21.6. The smallest absolute Gasteiger partial charge is 0.268 e. The van der Waals surface area contributed by atoms with Gasteiger partial charge in [-0.2, -0.15) is 0 Å². The third-order valence-electron chi connectivity index (χ3n) is 3.85. The Bertz CT molecular complexity index is 515. The van der Waals surface area contributed by atoms with Crippen molar-refractivity contribution in [3.8, 4) is 0 Å². The van der Waals surface area contributed by atoms with Gasteiger partial charge >= 0.3 is 0 Å². The molecule has 2 saturated heterocycles. The Morgan fingerprint density at radius 3 is 2.90 bits per heavy atom. The number of nitrogen functional groups attached to an aromatic ring is 1. The van der Waals surface area contributed by atoms with Gasteiger partial charge in [-0.3, -0.25) is 4.79 Å². The van der Waals surface area contributed by atoms with E-state index in [0.717, 1.165) is 31.3 Å². The number of nitrogens with zero attached hydrogens (tertiary/aromatic N) is 3. The zero-order chi connectivity index (χ0) is 14.8. The fraction of sp³-hybridized carbons (Fsp3) is 0.692. The van der Waals surface area contributed by atoms with Gasteiger partial charge in [-0.1, -0.05) is 11.3 Å². The first kappa shape index (κ1) is 14.6. The first-order valence-electron chi connectivity index (χ1n) is 7.27. The van der Waals surface area contributed by atoms with E-state index in [9.17, 15) is 4.79 Å². The fourth-order valence-corrected chi connectivity index (χ4v) is 3.62. The summed E-state index contributed by atoms with van der Waals surface area (Å²) >= 11 is 1.40. The Morgan fingerprint density at radius 1 is 1.43 bits per heavy atom. The number of carbonyl (C=O) groups excluding carboxylic acids is 1. The van der Waals surface area contributed by atoms with Gasteiger partial charge in [0.1, 0.15) is 10.7 Å². The number of amides is 1. The van der Waals surface area contributed by atoms with Crippen molar-refractivity contribution in [3.05, 3.63) is 4.88 Å². The lowest BCUT2D eigenvalue weighted by molar-refractivity contribution is 0.00391. The standard InChI is InChI=1S/C13H21N5O2S/c1-9-8-20-7-6-18(9)12(19)10-11(14)16-13(21-10)17-4-2-15-3-5-17/h9,15H,2-8,14H2,1H3. The zero-order valence-electron chi connectivity index (χ0n) is 12.2. The topological polar surface area (TPSA) is 83.7 Å². The molecule has 3 rings (SSSR count). The second-order valence-electron chi connectivity index (χ2n) is 5.37. The molecule has 1 atom stereocenters. The largest absolute Gasteiger partial charge is 0.382 e. The van der Waals surface area contributed by atoms with Crippen LogP contribution in [-0.4, -0.2) is 67.8 Å². The van der Waals surface area contributed by atoms with Crippen LogP contribution in [0.15, 0.2) is 0 Å². The quantitative estimate of drug-likeness (QED) is 0.800. The number of hydrogen-bond donors (Lipinski definition) is 2. The third-order valence-corrected chi connectivity index (χ3v) is 4.97. The molecule has 3 N–H and O–H groups in total. The molecule has 0 spiro atoms. The normalized spacial score (nSPS) is 23.4. The van der Waals surface area contributed by atoms with Crippen LogP contribution in [0.3, 0.4) is 0 Å². The number of morpholine rings is 1. The summed E-state index contributed by atoms with van der Waals surface area (Å²) in [6.07, 6.45) is 0. The van der Waals surface area contributed by atoms with E-state index in [4.69, 9.17) is 10.5 Å². The molecule has 1 aromatic rings. The average molecular weight is 311 g/mol. The predicted molar refractivity (Wildman–Crippen MR) is 82.9 cm³/mol. The van der Waals surface area contributed by atoms with Gasteiger partial charge in [-0.15, -0.1) is 0 Å². The van der Waals surface area contributed by atoms with E-state index < -0.39 is 0 Å². The van der Waals surface area contributed by atoms with Gasteiger partial charge in [0.05, 0.1) is 19.3 Å². The number of nitrogens with one attached hydrogen (secondary N) is 1. The van der Waals surface area contributed by atoms with Gasteiger partial charge in [0.15, 0.2) is 5.13 Å². The first-order valence-corrected chi connectivity index (χ1v) is 8.09. The first-order chi connectivity index (χ1) is 10.2. The maximum Gasteiger partial charge on any atom is 0.268 e. The Kier molecular flexibility index (Phi) is 4.27. The summed E-state index contributed by atoms with van der Waals surface area (Å²) in [6, 6.07) is 0.0791. The third kappa shape index (κ3) is 2.97. The van der Waals surface area contributed by atoms with Crippen molar-refractivity contribution in [2.75, 3.05) is 56.6 Å². The highest BCUT2D eigenvalue weighted by Crippen LogP contribution is 2.30. The number of carbonyl (C=O) groups is 1. The number of ether oxygens (including phenoxy) is 1. The number of piperazine rings is 1. The lowest BCUT2D eigenvalue weighted by atomic mass is 10.2. The van der Waals surface area contributed by atoms with Crippen LogP contribution in [0.2, 0.25) is 0 Å². The molecule has 2 fully saturated rings. The Morgan fingerprint density at radius 2 is 2.19 bits per heavy atom. The maximum atomic E-state index is 12.7. The summed E-state index contributed by atoms with van der Waals surface area (Å²) in [6.45, 7) is 7.43. The van der Waals surface area contributed by atoms with Crippen LogP contribution in [0.5, 0.6) is 0 Å². The molecular formula is C13H21N5O2S. The number of thiazole rings is 1. The molecule has 0 aromatic carbocycles. The van der Waals surface area contributed by atoms with E-state index >= 15 is 0 Å². The summed E-state index contributed by atoms with van der Waals surface area (Å²) in [5, 5.41) is 4.15. The molecule has 2 aliphatic heterocycles. The van der Waals surface area contributed by atoms with Gasteiger partial charge in [-0.25, -0.2) is 4.98 Å². The molecular weight excluding hydrogens is 290 g/mol. The van der Waals surface area contributed by atoms with Crippen LogP contribution in [0.1, 0.15) is 16.6 Å². The number of rotatable bonds is 2. The van der Waals surface area contributed by atoms with E-state index in [-0.39, 0.29) is 11.9 Å². The molecule has 1 amide bonds. The molecule has 1 unspecified atom stereocenters. The molecule has 3 heterocycles. The highest BCUT2D eigenvalue weighted by Gasteiger charge is 2.29. The number of hydrogen-bond acceptors (Lipinski definition) is 7. The summed E-state index contributed by atoms with van der Waals surface area (Å²) < 4.78 is 5.38. The van der Waals surface area contributed by atoms with Gasteiger partial charge in [-0.05, 0) is 6.92 Å². The molecule has 116 valence electrons. The summed E-state index contributed by atoms with van der Waals surface area (Å²) in [5.41, 5.74) is 5.98. The van der Waals surface area contributed by atoms with Crippen LogP contribution in [0.25, 0.3) is 0 Å². The highest BCUT2D eigenvalue weighted by atomic mass is 32.1. The second kappa shape index (κ2) is 6.17. The van der Waals surface area contributed by atoms with Crippen molar-refractivity contribution < 1.29 is 9.53 Å². The highest BCUT2D eigenvalue weighted by molar-refractivity contribution is 7.18. The molecule has 0 saturated carbocycles. The number of anilines is 2. The monoisotopic (exact) mass is 311 g/mol. The molecule has 1 aromatic heterocycles. The van der Waals surface area contributed by atoms with Crippen molar-refractivity contribution in [3.63, 3.8) is 0 Å². The van der Waals surface area contributed by atoms with Gasteiger partial charge in [0.2, 0.25) is 0 Å². The molecule has 8 heteroatoms. The minimum Gasteiger partial charge on any atom is -0.382 e. The van der Waals surface area contributed by atoms with Crippen LogP contribution < -0.4 is 16.0 Å². The molecule has 0 radical (unpaired) electrons. The van der Waals surface area contributed by atoms with Gasteiger partial charge in [0.25, 0.3) is 5.91 Å². The SMILES string of the molecule is CC1COCCN1C(=O)c1sc(N2CCNCC2)nc1N. The molecule has 7 nitrogen and oxygen atoms in total. The average Bonchev–Trinajstić information content (AvgIpc) is 2.90. The van der Waals surface area contributed by atoms with E-state index in [0.29, 0.717) is 30.5 Å². The Labute approximate surface area is 128 Å². The number of nitrogens with two attached hydrogens (primary N) is 1. The minimum absolute atomic E-state index is 0.0258. The summed E-state index contributed by atoms with van der Waals surface area (Å²) in [5.74, 6) is 0.319. The maximum absolute atomic E-state index is 12.7. The lowest BCUT2D eigenvalue weighted by Gasteiger charge is -2.33. The van der Waals surface area contributed by atoms with Crippen LogP contribution in [0.4, 0.5) is 10.9 Å². The van der Waals surface area contributed by atoms with Crippen LogP contribution in [0, 0.1) is 0 Å². The summed E-state index contributed by atoms with van der Waals surface area (Å²) in [7, 11) is 0. The minimum atomic E-state index is -0.0258. The van der Waals surface area contributed by atoms with E-state index in [1.165, 1.54) is 11.3 Å². The van der Waals surface area contributed by atoms with Crippen molar-refractivity contribution in [2.24, 2.45) is 0 Å². The second-order valence-corrected chi connectivity index (χ2v) is 6.35. The van der Waals surface area contributed by atoms with Crippen LogP contribution in [-0.2, 0) is 4.74 Å². The fourth-order valence-electron chi connectivity index (χ4n) is 2.62. The van der Waals surface area contributed by atoms with Gasteiger partial charge < -0.3 is 25.6 Å². The molecule has 0 bridgehead atoms. The van der Waals surface area contributed by atoms with E-state index in [1.54, 1.807) is 0 Å². The van der Waals surface area contributed by atoms with Crippen molar-refractivity contribution in [1.29, 1.82) is 0 Å². The number of aromatic nitrogens is 1. The van der Waals surface area contributed by atoms with Crippen LogP contribution >= 0.6 is 11.3 Å². The Hall–Kier alpha value is -1.38. The van der Waals surface area contributed by atoms with Crippen molar-refractivity contribution in [2.45, 2.75) is 13.0 Å². The molecule has 0 aliphatic carbocycles. The van der Waals surface area contributed by atoms with Crippen molar-refractivity contribution >= 4 is 28.2 Å². The van der Waals surface area contributed by atoms with Gasteiger partial charge in [0, 0.05) is 32.7 Å². The molecule has 2 aliphatic rings. The Balaban J connectivity index is 1.78. The lowest BCUT2D eigenvalue weighted by Crippen LogP contribution is -2.47. The molecule has 21 heavy (non-hydrogen) atoms.